The number of rotatable bonds is 6. The summed E-state index contributed by atoms with van der Waals surface area (Å²) in [6.07, 6.45) is -0.603. The van der Waals surface area contributed by atoms with E-state index in [1.54, 1.807) is 30.3 Å². The predicted octanol–water partition coefficient (Wildman–Crippen LogP) is 2.46. The number of fused-ring (bicyclic) bond motifs is 2. The molecular formula is C23H26F2N2O4S. The molecule has 9 heteroatoms. The summed E-state index contributed by atoms with van der Waals surface area (Å²) in [5.41, 5.74) is 0.530. The minimum absolute atomic E-state index is 0.0112. The van der Waals surface area contributed by atoms with Gasteiger partial charge in [-0.1, -0.05) is 30.3 Å². The quantitative estimate of drug-likeness (QED) is 0.686. The van der Waals surface area contributed by atoms with Crippen LogP contribution in [0.5, 0.6) is 0 Å². The first kappa shape index (κ1) is 21.5. The molecular weight excluding hydrogens is 438 g/mol. The van der Waals surface area contributed by atoms with Crippen LogP contribution in [0.1, 0.15) is 26.7 Å². The number of nitrogens with one attached hydrogen (secondary N) is 1. The fourth-order valence-electron chi connectivity index (χ4n) is 4.91. The number of aliphatic hydroxyl groups is 1. The lowest BCUT2D eigenvalue weighted by molar-refractivity contribution is -0.157. The number of benzene rings is 2. The Kier molecular flexibility index (Phi) is 5.73. The zero-order valence-electron chi connectivity index (χ0n) is 18.8. The van der Waals surface area contributed by atoms with Gasteiger partial charge in [0.05, 0.1) is 13.7 Å². The lowest BCUT2D eigenvalue weighted by Crippen LogP contribution is -2.71. The van der Waals surface area contributed by atoms with Crippen LogP contribution in [-0.4, -0.2) is 54.8 Å². The summed E-state index contributed by atoms with van der Waals surface area (Å²) in [5.74, 6) is -2.30. The van der Waals surface area contributed by atoms with Gasteiger partial charge in [0.25, 0.3) is 5.91 Å². The van der Waals surface area contributed by atoms with E-state index in [1.807, 2.05) is 0 Å². The molecule has 32 heavy (non-hydrogen) atoms. The molecule has 2 aromatic rings. The molecule has 2 heterocycles. The van der Waals surface area contributed by atoms with E-state index in [4.69, 9.17) is 1.37 Å². The van der Waals surface area contributed by atoms with Gasteiger partial charge < -0.3 is 10.0 Å². The van der Waals surface area contributed by atoms with Crippen molar-refractivity contribution in [2.45, 2.75) is 50.4 Å². The average molecular weight is 466 g/mol. The summed E-state index contributed by atoms with van der Waals surface area (Å²) in [6.45, 7) is 1.03. The molecule has 2 aliphatic heterocycles. The minimum Gasteiger partial charge on any atom is -0.384 e. The van der Waals surface area contributed by atoms with Crippen LogP contribution < -0.4 is 4.72 Å². The number of carbonyl (C=O) groups excluding carboxylic acids is 1. The molecule has 3 atom stereocenters. The summed E-state index contributed by atoms with van der Waals surface area (Å²) >= 11 is 0. The van der Waals surface area contributed by atoms with Crippen molar-refractivity contribution in [3.8, 4) is 11.1 Å². The Balaban J connectivity index is 1.77. The number of amides is 1. The number of piperidine rings is 2. The molecule has 5 rings (SSSR count). The van der Waals surface area contributed by atoms with Crippen molar-refractivity contribution in [2.24, 2.45) is 5.92 Å². The van der Waals surface area contributed by atoms with Gasteiger partial charge in [0.2, 0.25) is 10.0 Å². The predicted molar refractivity (Wildman–Crippen MR) is 116 cm³/mol. The molecule has 3 aliphatic rings. The third-order valence-corrected chi connectivity index (χ3v) is 7.04. The lowest BCUT2D eigenvalue weighted by Gasteiger charge is -2.58. The highest BCUT2D eigenvalue weighted by Gasteiger charge is 2.53. The van der Waals surface area contributed by atoms with Crippen LogP contribution in [0, 0.1) is 17.6 Å². The van der Waals surface area contributed by atoms with Gasteiger partial charge in [-0.2, -0.15) is 0 Å². The summed E-state index contributed by atoms with van der Waals surface area (Å²) in [5, 5.41) is 10.1. The largest absolute Gasteiger partial charge is 0.384 e. The fourth-order valence-corrected chi connectivity index (χ4v) is 5.75. The van der Waals surface area contributed by atoms with Crippen molar-refractivity contribution in [3.05, 3.63) is 59.7 Å². The first-order valence-corrected chi connectivity index (χ1v) is 12.3. The molecule has 3 fully saturated rings. The molecule has 0 radical (unpaired) electrons. The number of nitrogens with zero attached hydrogens (tertiary/aromatic N) is 1. The summed E-state index contributed by atoms with van der Waals surface area (Å²) in [6, 6.07) is 8.67. The van der Waals surface area contributed by atoms with Crippen LogP contribution in [0.2, 0.25) is 0 Å². The Labute approximate surface area is 187 Å². The molecule has 2 saturated heterocycles. The van der Waals surface area contributed by atoms with Gasteiger partial charge in [0, 0.05) is 17.6 Å². The zero-order chi connectivity index (χ0) is 24.1. The van der Waals surface area contributed by atoms with Crippen molar-refractivity contribution in [3.63, 3.8) is 0 Å². The molecule has 0 unspecified atom stereocenters. The van der Waals surface area contributed by atoms with Crippen molar-refractivity contribution >= 4 is 15.9 Å². The van der Waals surface area contributed by atoms with E-state index in [-0.39, 0.29) is 29.5 Å². The monoisotopic (exact) mass is 465 g/mol. The van der Waals surface area contributed by atoms with E-state index in [9.17, 15) is 22.7 Å². The van der Waals surface area contributed by atoms with E-state index in [2.05, 4.69) is 4.72 Å². The number of carbonyl (C=O) groups is 1. The van der Waals surface area contributed by atoms with Gasteiger partial charge in [0.15, 0.2) is 0 Å². The van der Waals surface area contributed by atoms with Gasteiger partial charge in [-0.25, -0.2) is 21.9 Å². The van der Waals surface area contributed by atoms with Crippen molar-refractivity contribution in [1.29, 1.82) is 0 Å². The van der Waals surface area contributed by atoms with Crippen LogP contribution in [0.15, 0.2) is 42.5 Å². The van der Waals surface area contributed by atoms with Crippen molar-refractivity contribution in [2.75, 3.05) is 6.26 Å². The van der Waals surface area contributed by atoms with Crippen LogP contribution in [0.3, 0.4) is 0 Å². The standard InChI is InChI=1S/C23H26F2N2O4S/c1-13(28)23(29)27-18-9-16(10-18)22(26-32(2,30)31)20(27)11-15-8-17(24)12-19(21(15)25)14-6-4-3-5-7-14/h3-8,12-13,16,18,20,22,26,28H,9-11H2,1-2H3/t13-,16?,18?,20+,22+/m1/s1/i13D. The average Bonchev–Trinajstić information content (AvgIpc) is 2.68. The van der Waals surface area contributed by atoms with E-state index >= 15 is 4.39 Å². The van der Waals surface area contributed by atoms with E-state index < -0.39 is 45.7 Å². The first-order chi connectivity index (χ1) is 15.3. The number of hydrogen-bond donors (Lipinski definition) is 2. The maximum atomic E-state index is 15.5. The van der Waals surface area contributed by atoms with Crippen molar-refractivity contribution in [1.82, 2.24) is 9.62 Å². The Morgan fingerprint density at radius 3 is 2.53 bits per heavy atom. The Hall–Kier alpha value is -2.36. The third-order valence-electron chi connectivity index (χ3n) is 6.34. The Morgan fingerprint density at radius 1 is 1.28 bits per heavy atom. The summed E-state index contributed by atoms with van der Waals surface area (Å²) in [4.78, 5) is 14.2. The molecule has 1 aliphatic carbocycles. The maximum absolute atomic E-state index is 15.5. The van der Waals surface area contributed by atoms with E-state index in [0.717, 1.165) is 25.3 Å². The van der Waals surface area contributed by atoms with Gasteiger partial charge in [-0.05, 0) is 55.4 Å². The maximum Gasteiger partial charge on any atom is 0.251 e. The SMILES string of the molecule is [2H][C@](C)(O)C(=O)N1C2CC(C2)[C@H](NS(C)(=O)=O)[C@@H]1Cc1cc(F)cc(-c2ccccc2)c1F. The molecule has 0 aromatic heterocycles. The first-order valence-electron chi connectivity index (χ1n) is 10.9. The zero-order valence-corrected chi connectivity index (χ0v) is 18.6. The van der Waals surface area contributed by atoms with Gasteiger partial charge in [-0.15, -0.1) is 0 Å². The highest BCUT2D eigenvalue weighted by atomic mass is 32.2. The van der Waals surface area contributed by atoms with E-state index in [1.165, 1.54) is 4.90 Å². The molecule has 1 amide bonds. The van der Waals surface area contributed by atoms with Crippen LogP contribution in [0.4, 0.5) is 8.78 Å². The van der Waals surface area contributed by atoms with Crippen LogP contribution >= 0.6 is 0 Å². The highest BCUT2D eigenvalue weighted by molar-refractivity contribution is 7.88. The third kappa shape index (κ3) is 4.42. The van der Waals surface area contributed by atoms with Gasteiger partial charge in [0.1, 0.15) is 17.7 Å². The molecule has 172 valence electrons. The summed E-state index contributed by atoms with van der Waals surface area (Å²) < 4.78 is 64.5. The second-order valence-corrected chi connectivity index (χ2v) is 10.4. The van der Waals surface area contributed by atoms with E-state index in [0.29, 0.717) is 18.4 Å². The summed E-state index contributed by atoms with van der Waals surface area (Å²) in [7, 11) is -3.68. The number of hydrogen-bond acceptors (Lipinski definition) is 4. The molecule has 6 nitrogen and oxygen atoms in total. The second-order valence-electron chi connectivity index (χ2n) is 8.66. The lowest BCUT2D eigenvalue weighted by atomic mass is 9.66. The Morgan fingerprint density at radius 2 is 1.94 bits per heavy atom. The highest BCUT2D eigenvalue weighted by Crippen LogP contribution is 2.44. The topological polar surface area (TPSA) is 86.7 Å². The van der Waals surface area contributed by atoms with Gasteiger partial charge in [-0.3, -0.25) is 4.79 Å². The smallest absolute Gasteiger partial charge is 0.251 e. The second kappa shape index (κ2) is 8.53. The fraction of sp³-hybridized carbons (Fsp3) is 0.435. The molecule has 2 aromatic carbocycles. The number of sulfonamides is 1. The molecule has 2 N–H and O–H groups in total. The minimum atomic E-state index is -3.68. The molecule has 1 saturated carbocycles. The normalized spacial score (nSPS) is 27.3. The molecule has 0 spiro atoms. The van der Waals surface area contributed by atoms with Crippen molar-refractivity contribution < 1.29 is 28.5 Å². The van der Waals surface area contributed by atoms with Crippen LogP contribution in [-0.2, 0) is 21.2 Å². The van der Waals surface area contributed by atoms with Crippen LogP contribution in [0.25, 0.3) is 11.1 Å². The number of halogens is 2. The molecule has 2 bridgehead atoms. The van der Waals surface area contributed by atoms with Gasteiger partial charge >= 0.3 is 0 Å². The Bertz CT molecular complexity index is 1160.